The Morgan fingerprint density at radius 1 is 1.30 bits per heavy atom. The van der Waals surface area contributed by atoms with E-state index in [2.05, 4.69) is 0 Å². The summed E-state index contributed by atoms with van der Waals surface area (Å²) in [6.45, 7) is 0.466. The van der Waals surface area contributed by atoms with Gasteiger partial charge >= 0.3 is 0 Å². The number of amides is 1. The number of sulfonamides is 1. The van der Waals surface area contributed by atoms with Crippen LogP contribution in [0.3, 0.4) is 0 Å². The third-order valence-corrected chi connectivity index (χ3v) is 9.00. The van der Waals surface area contributed by atoms with Crippen molar-refractivity contribution in [3.05, 3.63) is 46.8 Å². The molecular weight excluding hydrogens is 402 g/mol. The van der Waals surface area contributed by atoms with Crippen molar-refractivity contribution in [3.63, 3.8) is 0 Å². The fourth-order valence-electron chi connectivity index (χ4n) is 3.28. The smallest absolute Gasteiger partial charge is 0.252 e. The van der Waals surface area contributed by atoms with Crippen molar-refractivity contribution < 1.29 is 13.2 Å². The summed E-state index contributed by atoms with van der Waals surface area (Å²) >= 11 is 2.76. The number of carbonyl (C=O) groups excluding carboxylic acids is 1. The Kier molecular flexibility index (Phi) is 5.02. The maximum atomic E-state index is 12.9. The maximum Gasteiger partial charge on any atom is 0.252 e. The van der Waals surface area contributed by atoms with E-state index < -0.39 is 10.0 Å². The molecule has 3 aromatic rings. The molecule has 0 radical (unpaired) electrons. The van der Waals surface area contributed by atoms with Crippen molar-refractivity contribution in [2.75, 3.05) is 20.1 Å². The first-order valence-electron chi connectivity index (χ1n) is 8.61. The zero-order valence-electron chi connectivity index (χ0n) is 14.7. The Hall–Kier alpha value is -1.81. The summed E-state index contributed by atoms with van der Waals surface area (Å²) < 4.78 is 27.6. The Labute approximate surface area is 166 Å². The van der Waals surface area contributed by atoms with Gasteiger partial charge in [-0.15, -0.1) is 22.7 Å². The molecule has 1 aromatic carbocycles. The lowest BCUT2D eigenvalue weighted by molar-refractivity contribution is -0.132. The highest BCUT2D eigenvalue weighted by atomic mass is 32.2. The standard InChI is InChI=1S/C18H19N3O3S3/c1-20(27(23,24)17-9-5-11-25-17)12-16(22)21-10-4-7-14(21)18-19-13-6-2-3-8-15(13)26-18/h2-3,5-6,8-9,11,14H,4,7,10,12H2,1H3/t14-/m1/s1. The Bertz CT molecular complexity index is 1030. The fraction of sp³-hybridized carbons (Fsp3) is 0.333. The normalized spacial score (nSPS) is 17.9. The number of nitrogens with zero attached hydrogens (tertiary/aromatic N) is 3. The number of hydrogen-bond donors (Lipinski definition) is 0. The quantitative estimate of drug-likeness (QED) is 0.633. The van der Waals surface area contributed by atoms with Gasteiger partial charge in [0, 0.05) is 13.6 Å². The number of para-hydroxylation sites is 1. The van der Waals surface area contributed by atoms with E-state index in [1.165, 1.54) is 7.05 Å². The van der Waals surface area contributed by atoms with Gasteiger partial charge in [0.25, 0.3) is 10.0 Å². The first-order valence-corrected chi connectivity index (χ1v) is 11.8. The molecule has 0 N–H and O–H groups in total. The highest BCUT2D eigenvalue weighted by Crippen LogP contribution is 2.36. The van der Waals surface area contributed by atoms with E-state index in [9.17, 15) is 13.2 Å². The first kappa shape index (κ1) is 18.5. The Balaban J connectivity index is 1.52. The Morgan fingerprint density at radius 3 is 2.85 bits per heavy atom. The zero-order valence-corrected chi connectivity index (χ0v) is 17.2. The highest BCUT2D eigenvalue weighted by molar-refractivity contribution is 7.91. The van der Waals surface area contributed by atoms with Crippen molar-refractivity contribution in [1.82, 2.24) is 14.2 Å². The van der Waals surface area contributed by atoms with Crippen molar-refractivity contribution in [1.29, 1.82) is 0 Å². The summed E-state index contributed by atoms with van der Waals surface area (Å²) in [5.74, 6) is -0.181. The van der Waals surface area contributed by atoms with E-state index in [0.29, 0.717) is 6.54 Å². The summed E-state index contributed by atoms with van der Waals surface area (Å²) in [6, 6.07) is 11.1. The molecule has 4 rings (SSSR count). The second-order valence-corrected chi connectivity index (χ2v) is 10.7. The molecule has 0 spiro atoms. The van der Waals surface area contributed by atoms with Gasteiger partial charge in [0.1, 0.15) is 9.22 Å². The largest absolute Gasteiger partial charge is 0.332 e. The van der Waals surface area contributed by atoms with Crippen LogP contribution in [0.25, 0.3) is 10.2 Å². The number of thiazole rings is 1. The lowest BCUT2D eigenvalue weighted by Gasteiger charge is -2.25. The summed E-state index contributed by atoms with van der Waals surface area (Å²) in [5.41, 5.74) is 0.939. The average Bonchev–Trinajstić information content (AvgIpc) is 3.40. The topological polar surface area (TPSA) is 70.6 Å². The predicted molar refractivity (Wildman–Crippen MR) is 107 cm³/mol. The molecule has 1 fully saturated rings. The van der Waals surface area contributed by atoms with Gasteiger partial charge in [0.15, 0.2) is 0 Å². The van der Waals surface area contributed by atoms with Crippen LogP contribution >= 0.6 is 22.7 Å². The maximum absolute atomic E-state index is 12.9. The molecule has 1 saturated heterocycles. The van der Waals surface area contributed by atoms with Crippen molar-refractivity contribution >= 4 is 48.8 Å². The van der Waals surface area contributed by atoms with Crippen LogP contribution < -0.4 is 0 Å². The molecule has 3 heterocycles. The number of aromatic nitrogens is 1. The van der Waals surface area contributed by atoms with Crippen LogP contribution in [0.4, 0.5) is 0 Å². The summed E-state index contributed by atoms with van der Waals surface area (Å²) in [5, 5.41) is 2.64. The van der Waals surface area contributed by atoms with E-state index in [-0.39, 0.29) is 22.7 Å². The number of benzene rings is 1. The number of fused-ring (bicyclic) bond motifs is 1. The summed E-state index contributed by atoms with van der Waals surface area (Å²) in [4.78, 5) is 19.3. The van der Waals surface area contributed by atoms with Gasteiger partial charge in [0.2, 0.25) is 5.91 Å². The number of carbonyl (C=O) groups is 1. The van der Waals surface area contributed by atoms with Crippen LogP contribution in [0.2, 0.25) is 0 Å². The average molecular weight is 422 g/mol. The van der Waals surface area contributed by atoms with Crippen LogP contribution in [0.15, 0.2) is 46.0 Å². The molecule has 27 heavy (non-hydrogen) atoms. The van der Waals surface area contributed by atoms with Gasteiger partial charge in [-0.05, 0) is 36.4 Å². The molecule has 2 aromatic heterocycles. The third-order valence-electron chi connectivity index (χ3n) is 4.69. The molecule has 0 aliphatic carbocycles. The van der Waals surface area contributed by atoms with Crippen LogP contribution in [-0.2, 0) is 14.8 Å². The van der Waals surface area contributed by atoms with Gasteiger partial charge in [0.05, 0.1) is 22.8 Å². The highest BCUT2D eigenvalue weighted by Gasteiger charge is 2.34. The number of rotatable bonds is 5. The Morgan fingerprint density at radius 2 is 2.11 bits per heavy atom. The molecule has 0 bridgehead atoms. The van der Waals surface area contributed by atoms with E-state index in [1.807, 2.05) is 24.3 Å². The monoisotopic (exact) mass is 421 g/mol. The summed E-state index contributed by atoms with van der Waals surface area (Å²) in [6.07, 6.45) is 1.75. The fourth-order valence-corrected chi connectivity index (χ4v) is 6.72. The van der Waals surface area contributed by atoms with Crippen molar-refractivity contribution in [2.24, 2.45) is 0 Å². The molecule has 0 saturated carbocycles. The number of likely N-dealkylation sites (tertiary alicyclic amines) is 1. The molecule has 9 heteroatoms. The molecular formula is C18H19N3O3S3. The van der Waals surface area contributed by atoms with Crippen molar-refractivity contribution in [2.45, 2.75) is 23.1 Å². The molecule has 6 nitrogen and oxygen atoms in total. The second kappa shape index (κ2) is 7.31. The van der Waals surface area contributed by atoms with Gasteiger partial charge in [-0.25, -0.2) is 13.4 Å². The van der Waals surface area contributed by atoms with Gasteiger partial charge in [-0.2, -0.15) is 4.31 Å². The minimum atomic E-state index is -3.63. The predicted octanol–water partition coefficient (Wildman–Crippen LogP) is 3.34. The van der Waals surface area contributed by atoms with E-state index in [0.717, 1.165) is 43.7 Å². The second-order valence-electron chi connectivity index (χ2n) is 6.46. The van der Waals surface area contributed by atoms with Crippen LogP contribution in [0, 0.1) is 0 Å². The minimum absolute atomic E-state index is 0.0762. The van der Waals surface area contributed by atoms with Crippen LogP contribution in [0.1, 0.15) is 23.9 Å². The molecule has 1 aliphatic heterocycles. The minimum Gasteiger partial charge on any atom is -0.332 e. The van der Waals surface area contributed by atoms with Crippen LogP contribution in [-0.4, -0.2) is 48.7 Å². The number of hydrogen-bond acceptors (Lipinski definition) is 6. The van der Waals surface area contributed by atoms with E-state index in [1.54, 1.807) is 33.7 Å². The van der Waals surface area contributed by atoms with E-state index >= 15 is 0 Å². The van der Waals surface area contributed by atoms with Crippen molar-refractivity contribution in [3.8, 4) is 0 Å². The SMILES string of the molecule is CN(CC(=O)N1CCC[C@@H]1c1nc2ccccc2s1)S(=O)(=O)c1cccs1. The number of likely N-dealkylation sites (N-methyl/N-ethyl adjacent to an activating group) is 1. The summed E-state index contributed by atoms with van der Waals surface area (Å²) in [7, 11) is -2.18. The molecule has 1 amide bonds. The lowest BCUT2D eigenvalue weighted by Crippen LogP contribution is -2.40. The van der Waals surface area contributed by atoms with Gasteiger partial charge < -0.3 is 4.90 Å². The third kappa shape index (κ3) is 3.52. The lowest BCUT2D eigenvalue weighted by atomic mass is 10.2. The first-order chi connectivity index (χ1) is 13.0. The van der Waals surface area contributed by atoms with E-state index in [4.69, 9.17) is 4.98 Å². The molecule has 1 aliphatic rings. The molecule has 1 atom stereocenters. The number of thiophene rings is 1. The van der Waals surface area contributed by atoms with Gasteiger partial charge in [-0.1, -0.05) is 18.2 Å². The molecule has 0 unspecified atom stereocenters. The molecule has 142 valence electrons. The zero-order chi connectivity index (χ0) is 19.0. The van der Waals surface area contributed by atoms with Crippen LogP contribution in [0.5, 0.6) is 0 Å². The van der Waals surface area contributed by atoms with Gasteiger partial charge in [-0.3, -0.25) is 4.79 Å².